The van der Waals surface area contributed by atoms with Gasteiger partial charge in [-0.1, -0.05) is 30.7 Å². The van der Waals surface area contributed by atoms with E-state index in [1.54, 1.807) is 0 Å². The fraction of sp³-hybridized carbons (Fsp3) is 0.455. The van der Waals surface area contributed by atoms with E-state index in [1.165, 1.54) is 5.56 Å². The average Bonchev–Trinajstić information content (AvgIpc) is 2.03. The van der Waals surface area contributed by atoms with Crippen molar-refractivity contribution in [3.63, 3.8) is 0 Å². The third kappa shape index (κ3) is 2.71. The number of hydrogen-bond acceptors (Lipinski definition) is 1. The Morgan fingerprint density at radius 3 is 2.08 bits per heavy atom. The molecular weight excluding hydrogens is 182 g/mol. The normalized spacial score (nSPS) is 14.2. The first-order valence-corrected chi connectivity index (χ1v) is 4.83. The molecule has 0 fully saturated rings. The van der Waals surface area contributed by atoms with Gasteiger partial charge in [0.2, 0.25) is 0 Å². The standard InChI is InChI=1S/C11H16ClN/c1-8(11(2,3)13)9-4-6-10(12)7-5-9/h4-8H,13H2,1-3H3. The predicted octanol–water partition coefficient (Wildman–Crippen LogP) is 3.18. The molecule has 1 atom stereocenters. The van der Waals surface area contributed by atoms with Crippen molar-refractivity contribution in [3.8, 4) is 0 Å². The Morgan fingerprint density at radius 2 is 1.69 bits per heavy atom. The maximum atomic E-state index is 6.02. The third-order valence-electron chi connectivity index (χ3n) is 2.49. The lowest BCUT2D eigenvalue weighted by Gasteiger charge is -2.27. The van der Waals surface area contributed by atoms with Crippen LogP contribution in [0.1, 0.15) is 32.3 Å². The Bertz CT molecular complexity index is 271. The first-order valence-electron chi connectivity index (χ1n) is 4.45. The number of halogens is 1. The van der Waals surface area contributed by atoms with Crippen LogP contribution in [-0.4, -0.2) is 5.54 Å². The zero-order valence-corrected chi connectivity index (χ0v) is 9.10. The number of hydrogen-bond donors (Lipinski definition) is 1. The van der Waals surface area contributed by atoms with Crippen LogP contribution in [0.2, 0.25) is 5.02 Å². The Hall–Kier alpha value is -0.530. The van der Waals surface area contributed by atoms with E-state index in [9.17, 15) is 0 Å². The Labute approximate surface area is 84.9 Å². The number of benzene rings is 1. The third-order valence-corrected chi connectivity index (χ3v) is 2.74. The molecule has 0 aromatic heterocycles. The molecule has 0 saturated heterocycles. The highest BCUT2D eigenvalue weighted by Crippen LogP contribution is 2.26. The van der Waals surface area contributed by atoms with Gasteiger partial charge in [-0.15, -0.1) is 0 Å². The Morgan fingerprint density at radius 1 is 1.23 bits per heavy atom. The zero-order valence-electron chi connectivity index (χ0n) is 8.34. The summed E-state index contributed by atoms with van der Waals surface area (Å²) in [5.41, 5.74) is 7.06. The van der Waals surface area contributed by atoms with Crippen molar-refractivity contribution >= 4 is 11.6 Å². The summed E-state index contributed by atoms with van der Waals surface area (Å²) in [6.45, 7) is 6.20. The fourth-order valence-electron chi connectivity index (χ4n) is 1.18. The molecule has 0 radical (unpaired) electrons. The molecule has 2 N–H and O–H groups in total. The van der Waals surface area contributed by atoms with E-state index in [1.807, 2.05) is 38.1 Å². The van der Waals surface area contributed by atoms with Crippen molar-refractivity contribution in [1.29, 1.82) is 0 Å². The van der Waals surface area contributed by atoms with Gasteiger partial charge in [0, 0.05) is 10.6 Å². The van der Waals surface area contributed by atoms with Gasteiger partial charge in [-0.05, 0) is 37.5 Å². The van der Waals surface area contributed by atoms with Gasteiger partial charge in [-0.25, -0.2) is 0 Å². The molecule has 1 aromatic rings. The molecule has 72 valence electrons. The van der Waals surface area contributed by atoms with Crippen molar-refractivity contribution in [1.82, 2.24) is 0 Å². The molecule has 0 aliphatic carbocycles. The fourth-order valence-corrected chi connectivity index (χ4v) is 1.31. The van der Waals surface area contributed by atoms with Crippen molar-refractivity contribution < 1.29 is 0 Å². The smallest absolute Gasteiger partial charge is 0.0406 e. The molecule has 0 aliphatic rings. The molecule has 13 heavy (non-hydrogen) atoms. The van der Waals surface area contributed by atoms with Gasteiger partial charge in [0.05, 0.1) is 0 Å². The van der Waals surface area contributed by atoms with Crippen LogP contribution in [0.25, 0.3) is 0 Å². The van der Waals surface area contributed by atoms with Crippen LogP contribution in [-0.2, 0) is 0 Å². The summed E-state index contributed by atoms with van der Waals surface area (Å²) in [5.74, 6) is 0.338. The molecule has 0 amide bonds. The molecular formula is C11H16ClN. The van der Waals surface area contributed by atoms with E-state index in [-0.39, 0.29) is 5.54 Å². The maximum Gasteiger partial charge on any atom is 0.0406 e. The van der Waals surface area contributed by atoms with Crippen LogP contribution < -0.4 is 5.73 Å². The summed E-state index contributed by atoms with van der Waals surface area (Å²) < 4.78 is 0. The average molecular weight is 198 g/mol. The number of rotatable bonds is 2. The van der Waals surface area contributed by atoms with Crippen molar-refractivity contribution in [3.05, 3.63) is 34.9 Å². The van der Waals surface area contributed by atoms with E-state index in [2.05, 4.69) is 6.92 Å². The van der Waals surface area contributed by atoms with Crippen LogP contribution in [0.5, 0.6) is 0 Å². The van der Waals surface area contributed by atoms with Crippen LogP contribution in [0.15, 0.2) is 24.3 Å². The number of nitrogens with two attached hydrogens (primary N) is 1. The van der Waals surface area contributed by atoms with Gasteiger partial charge in [0.25, 0.3) is 0 Å². The topological polar surface area (TPSA) is 26.0 Å². The van der Waals surface area contributed by atoms with Crippen molar-refractivity contribution in [2.24, 2.45) is 5.73 Å². The highest BCUT2D eigenvalue weighted by atomic mass is 35.5. The van der Waals surface area contributed by atoms with Gasteiger partial charge in [-0.2, -0.15) is 0 Å². The van der Waals surface area contributed by atoms with E-state index in [0.29, 0.717) is 5.92 Å². The molecule has 0 saturated carbocycles. The van der Waals surface area contributed by atoms with E-state index in [0.717, 1.165) is 5.02 Å². The lowest BCUT2D eigenvalue weighted by atomic mass is 9.84. The second-order valence-corrected chi connectivity index (χ2v) is 4.53. The Kier molecular flexibility index (Phi) is 2.99. The second-order valence-electron chi connectivity index (χ2n) is 4.09. The molecule has 1 nitrogen and oxygen atoms in total. The Balaban J connectivity index is 2.90. The van der Waals surface area contributed by atoms with Crippen LogP contribution >= 0.6 is 11.6 Å². The molecule has 1 aromatic carbocycles. The van der Waals surface area contributed by atoms with Crippen LogP contribution in [0.4, 0.5) is 0 Å². The molecule has 1 unspecified atom stereocenters. The molecule has 1 rings (SSSR count). The lowest BCUT2D eigenvalue weighted by Crippen LogP contribution is -2.37. The van der Waals surface area contributed by atoms with Crippen LogP contribution in [0.3, 0.4) is 0 Å². The zero-order chi connectivity index (χ0) is 10.1. The summed E-state index contributed by atoms with van der Waals surface area (Å²) in [4.78, 5) is 0. The van der Waals surface area contributed by atoms with E-state index in [4.69, 9.17) is 17.3 Å². The summed E-state index contributed by atoms with van der Waals surface area (Å²) >= 11 is 5.80. The molecule has 0 heterocycles. The first kappa shape index (κ1) is 10.6. The molecule has 0 aliphatic heterocycles. The summed E-state index contributed by atoms with van der Waals surface area (Å²) in [6.07, 6.45) is 0. The maximum absolute atomic E-state index is 6.02. The largest absolute Gasteiger partial charge is 0.325 e. The first-order chi connectivity index (χ1) is 5.91. The van der Waals surface area contributed by atoms with Gasteiger partial charge < -0.3 is 5.73 Å². The summed E-state index contributed by atoms with van der Waals surface area (Å²) in [7, 11) is 0. The highest BCUT2D eigenvalue weighted by Gasteiger charge is 2.21. The predicted molar refractivity (Wildman–Crippen MR) is 58.1 cm³/mol. The molecule has 0 bridgehead atoms. The van der Waals surface area contributed by atoms with E-state index >= 15 is 0 Å². The monoisotopic (exact) mass is 197 g/mol. The van der Waals surface area contributed by atoms with Crippen molar-refractivity contribution in [2.75, 3.05) is 0 Å². The lowest BCUT2D eigenvalue weighted by molar-refractivity contribution is 0.435. The molecule has 2 heteroatoms. The minimum absolute atomic E-state index is 0.187. The summed E-state index contributed by atoms with van der Waals surface area (Å²) in [6, 6.07) is 7.86. The molecule has 0 spiro atoms. The van der Waals surface area contributed by atoms with E-state index < -0.39 is 0 Å². The minimum atomic E-state index is -0.187. The van der Waals surface area contributed by atoms with Gasteiger partial charge in [-0.3, -0.25) is 0 Å². The quantitative estimate of drug-likeness (QED) is 0.775. The SMILES string of the molecule is CC(c1ccc(Cl)cc1)C(C)(C)N. The minimum Gasteiger partial charge on any atom is -0.325 e. The van der Waals surface area contributed by atoms with Gasteiger partial charge in [0.15, 0.2) is 0 Å². The highest BCUT2D eigenvalue weighted by molar-refractivity contribution is 6.30. The van der Waals surface area contributed by atoms with Gasteiger partial charge >= 0.3 is 0 Å². The van der Waals surface area contributed by atoms with Crippen molar-refractivity contribution in [2.45, 2.75) is 32.2 Å². The van der Waals surface area contributed by atoms with Crippen LogP contribution in [0, 0.1) is 0 Å². The van der Waals surface area contributed by atoms with Gasteiger partial charge in [0.1, 0.15) is 0 Å². The summed E-state index contributed by atoms with van der Waals surface area (Å²) in [5, 5.41) is 0.769. The second kappa shape index (κ2) is 3.69.